The molecule has 1 aromatic carbocycles. The Balaban J connectivity index is 1.96. The number of aryl methyl sites for hydroxylation is 2. The van der Waals surface area contributed by atoms with Crippen LogP contribution in [0.2, 0.25) is 0 Å². The minimum Gasteiger partial charge on any atom is -0.483 e. The van der Waals surface area contributed by atoms with Gasteiger partial charge in [0.25, 0.3) is 11.8 Å². The Morgan fingerprint density at radius 1 is 1.44 bits per heavy atom. The molecule has 0 unspecified atom stereocenters. The summed E-state index contributed by atoms with van der Waals surface area (Å²) in [6.45, 7) is 6.38. The van der Waals surface area contributed by atoms with Gasteiger partial charge in [0.1, 0.15) is 11.8 Å². The first-order chi connectivity index (χ1) is 11.7. The van der Waals surface area contributed by atoms with Crippen molar-refractivity contribution in [3.05, 3.63) is 42.0 Å². The van der Waals surface area contributed by atoms with Crippen molar-refractivity contribution >= 4 is 11.8 Å². The van der Waals surface area contributed by atoms with Crippen LogP contribution in [0.3, 0.4) is 0 Å². The molecule has 1 aromatic rings. The molecular weight excluding hydrogens is 330 g/mol. The number of ether oxygens (including phenoxy) is 1. The molecule has 0 aromatic heterocycles. The van der Waals surface area contributed by atoms with Crippen molar-refractivity contribution in [3.63, 3.8) is 0 Å². The SMILES string of the molecule is C=CC(=O)N1CCC(F)(F)[C@H](NC(=O)COc2cc(C)ccc2C)C1. The molecule has 0 saturated carbocycles. The monoisotopic (exact) mass is 352 g/mol. The summed E-state index contributed by atoms with van der Waals surface area (Å²) in [4.78, 5) is 24.9. The number of carbonyl (C=O) groups excluding carboxylic acids is 2. The van der Waals surface area contributed by atoms with E-state index in [4.69, 9.17) is 4.74 Å². The predicted octanol–water partition coefficient (Wildman–Crippen LogP) is 2.22. The van der Waals surface area contributed by atoms with Crippen LogP contribution in [0.5, 0.6) is 5.75 Å². The number of halogens is 2. The molecule has 0 bridgehead atoms. The number of hydrogen-bond acceptors (Lipinski definition) is 3. The number of alkyl halides is 2. The van der Waals surface area contributed by atoms with Crippen molar-refractivity contribution in [1.82, 2.24) is 10.2 Å². The maximum atomic E-state index is 14.0. The number of hydrogen-bond donors (Lipinski definition) is 1. The van der Waals surface area contributed by atoms with E-state index in [-0.39, 0.29) is 19.7 Å². The molecule has 1 N–H and O–H groups in total. The Morgan fingerprint density at radius 2 is 2.16 bits per heavy atom. The molecule has 1 saturated heterocycles. The highest BCUT2D eigenvalue weighted by atomic mass is 19.3. The number of rotatable bonds is 5. The third-order valence-electron chi connectivity index (χ3n) is 4.15. The first-order valence-corrected chi connectivity index (χ1v) is 8.01. The molecule has 136 valence electrons. The van der Waals surface area contributed by atoms with Gasteiger partial charge in [-0.25, -0.2) is 8.78 Å². The lowest BCUT2D eigenvalue weighted by atomic mass is 10.0. The summed E-state index contributed by atoms with van der Waals surface area (Å²) in [6.07, 6.45) is 0.571. The molecule has 25 heavy (non-hydrogen) atoms. The molecule has 0 radical (unpaired) electrons. The van der Waals surface area contributed by atoms with E-state index < -0.39 is 30.2 Å². The van der Waals surface area contributed by atoms with Crippen LogP contribution >= 0.6 is 0 Å². The van der Waals surface area contributed by atoms with Crippen molar-refractivity contribution < 1.29 is 23.1 Å². The van der Waals surface area contributed by atoms with Gasteiger partial charge in [0, 0.05) is 19.5 Å². The molecule has 2 rings (SSSR count). The Bertz CT molecular complexity index is 676. The highest BCUT2D eigenvalue weighted by Gasteiger charge is 2.45. The minimum atomic E-state index is -3.08. The quantitative estimate of drug-likeness (QED) is 0.827. The molecule has 2 amide bonds. The summed E-state index contributed by atoms with van der Waals surface area (Å²) in [5, 5.41) is 2.28. The summed E-state index contributed by atoms with van der Waals surface area (Å²) >= 11 is 0. The van der Waals surface area contributed by atoms with Gasteiger partial charge >= 0.3 is 0 Å². The van der Waals surface area contributed by atoms with E-state index in [1.807, 2.05) is 26.0 Å². The zero-order chi connectivity index (χ0) is 18.6. The molecule has 1 heterocycles. The van der Waals surface area contributed by atoms with Gasteiger partial charge in [-0.3, -0.25) is 9.59 Å². The Hall–Kier alpha value is -2.44. The molecule has 1 atom stereocenters. The van der Waals surface area contributed by atoms with Crippen LogP contribution in [0.1, 0.15) is 17.5 Å². The second-order valence-electron chi connectivity index (χ2n) is 6.18. The zero-order valence-electron chi connectivity index (χ0n) is 14.4. The lowest BCUT2D eigenvalue weighted by Crippen LogP contribution is -2.60. The molecule has 5 nitrogen and oxygen atoms in total. The largest absolute Gasteiger partial charge is 0.483 e. The van der Waals surface area contributed by atoms with Gasteiger partial charge < -0.3 is 15.0 Å². The molecular formula is C18H22F2N2O3. The van der Waals surface area contributed by atoms with E-state index in [2.05, 4.69) is 11.9 Å². The lowest BCUT2D eigenvalue weighted by molar-refractivity contribution is -0.141. The summed E-state index contributed by atoms with van der Waals surface area (Å²) in [7, 11) is 0. The first-order valence-electron chi connectivity index (χ1n) is 8.01. The molecule has 1 aliphatic heterocycles. The minimum absolute atomic E-state index is 0.0663. The normalized spacial score (nSPS) is 19.2. The van der Waals surface area contributed by atoms with Gasteiger partial charge in [-0.05, 0) is 37.1 Å². The third-order valence-corrected chi connectivity index (χ3v) is 4.15. The maximum Gasteiger partial charge on any atom is 0.271 e. The third kappa shape index (κ3) is 4.78. The van der Waals surface area contributed by atoms with Gasteiger partial charge in [-0.15, -0.1) is 0 Å². The fourth-order valence-corrected chi connectivity index (χ4v) is 2.63. The van der Waals surface area contributed by atoms with Crippen LogP contribution in [0.15, 0.2) is 30.9 Å². The molecule has 1 fully saturated rings. The summed E-state index contributed by atoms with van der Waals surface area (Å²) in [6, 6.07) is 4.11. The van der Waals surface area contributed by atoms with E-state index in [1.54, 1.807) is 6.07 Å². The fourth-order valence-electron chi connectivity index (χ4n) is 2.63. The van der Waals surface area contributed by atoms with E-state index in [0.29, 0.717) is 5.75 Å². The topological polar surface area (TPSA) is 58.6 Å². The number of piperidine rings is 1. The van der Waals surface area contributed by atoms with Crippen molar-refractivity contribution in [2.75, 3.05) is 19.7 Å². The summed E-state index contributed by atoms with van der Waals surface area (Å²) < 4.78 is 33.5. The van der Waals surface area contributed by atoms with Crippen molar-refractivity contribution in [3.8, 4) is 5.75 Å². The van der Waals surface area contributed by atoms with Crippen LogP contribution in [-0.4, -0.2) is 48.4 Å². The van der Waals surface area contributed by atoms with E-state index >= 15 is 0 Å². The molecule has 7 heteroatoms. The van der Waals surface area contributed by atoms with E-state index in [9.17, 15) is 18.4 Å². The van der Waals surface area contributed by atoms with Gasteiger partial charge in [-0.1, -0.05) is 18.7 Å². The number of carbonyl (C=O) groups is 2. The Morgan fingerprint density at radius 3 is 2.84 bits per heavy atom. The summed E-state index contributed by atoms with van der Waals surface area (Å²) in [5.41, 5.74) is 1.82. The van der Waals surface area contributed by atoms with E-state index in [0.717, 1.165) is 17.2 Å². The smallest absolute Gasteiger partial charge is 0.271 e. The lowest BCUT2D eigenvalue weighted by Gasteiger charge is -2.38. The Kier molecular flexibility index (Phi) is 5.77. The van der Waals surface area contributed by atoms with Gasteiger partial charge in [0.2, 0.25) is 5.91 Å². The molecule has 1 aliphatic rings. The van der Waals surface area contributed by atoms with Crippen molar-refractivity contribution in [1.29, 1.82) is 0 Å². The molecule has 0 spiro atoms. The van der Waals surface area contributed by atoms with Gasteiger partial charge in [-0.2, -0.15) is 0 Å². The average Bonchev–Trinajstić information content (AvgIpc) is 2.56. The van der Waals surface area contributed by atoms with Crippen molar-refractivity contribution in [2.45, 2.75) is 32.2 Å². The number of amides is 2. The summed E-state index contributed by atoms with van der Waals surface area (Å²) in [5.74, 6) is -3.62. The van der Waals surface area contributed by atoms with Crippen LogP contribution in [0, 0.1) is 13.8 Å². The number of nitrogens with zero attached hydrogens (tertiary/aromatic N) is 1. The van der Waals surface area contributed by atoms with Crippen LogP contribution in [-0.2, 0) is 9.59 Å². The molecule has 0 aliphatic carbocycles. The Labute approximate surface area is 145 Å². The highest BCUT2D eigenvalue weighted by molar-refractivity contribution is 5.87. The van der Waals surface area contributed by atoms with Crippen LogP contribution in [0.4, 0.5) is 8.78 Å². The average molecular weight is 352 g/mol. The zero-order valence-corrected chi connectivity index (χ0v) is 14.4. The second-order valence-corrected chi connectivity index (χ2v) is 6.18. The number of benzene rings is 1. The van der Waals surface area contributed by atoms with E-state index in [1.165, 1.54) is 4.90 Å². The fraction of sp³-hybridized carbons (Fsp3) is 0.444. The number of nitrogens with one attached hydrogen (secondary N) is 1. The number of likely N-dealkylation sites (tertiary alicyclic amines) is 1. The second kappa shape index (κ2) is 7.63. The standard InChI is InChI=1S/C18H22F2N2O3/c1-4-17(24)22-8-7-18(19,20)15(10-22)21-16(23)11-25-14-9-12(2)5-6-13(14)3/h4-6,9,15H,1,7-8,10-11H2,2-3H3,(H,21,23)/t15-/m1/s1. The first kappa shape index (κ1) is 18.9. The highest BCUT2D eigenvalue weighted by Crippen LogP contribution is 2.28. The van der Waals surface area contributed by atoms with Crippen LogP contribution in [0.25, 0.3) is 0 Å². The predicted molar refractivity (Wildman–Crippen MR) is 89.7 cm³/mol. The van der Waals surface area contributed by atoms with Crippen LogP contribution < -0.4 is 10.1 Å². The van der Waals surface area contributed by atoms with Gasteiger partial charge in [0.05, 0.1) is 0 Å². The van der Waals surface area contributed by atoms with Gasteiger partial charge in [0.15, 0.2) is 6.61 Å². The van der Waals surface area contributed by atoms with Crippen molar-refractivity contribution in [2.24, 2.45) is 0 Å². The maximum absolute atomic E-state index is 14.0.